The second-order valence-electron chi connectivity index (χ2n) is 6.82. The Balaban J connectivity index is 1.81. The molecule has 2 rings (SSSR count). The maximum absolute atomic E-state index is 13.7. The van der Waals surface area contributed by atoms with Gasteiger partial charge in [-0.05, 0) is 43.8 Å². The van der Waals surface area contributed by atoms with Crippen molar-refractivity contribution < 1.29 is 9.13 Å². The van der Waals surface area contributed by atoms with Gasteiger partial charge in [0.25, 0.3) is 0 Å². The monoisotopic (exact) mass is 386 g/mol. The van der Waals surface area contributed by atoms with Crippen LogP contribution in [0.4, 0.5) is 4.39 Å². The molecule has 1 unspecified atom stereocenters. The lowest BCUT2D eigenvalue weighted by atomic mass is 10.1. The summed E-state index contributed by atoms with van der Waals surface area (Å²) in [6.45, 7) is 7.17. The first-order valence-corrected chi connectivity index (χ1v) is 9.63. The number of para-hydroxylation sites is 1. The van der Waals surface area contributed by atoms with Crippen molar-refractivity contribution in [1.29, 1.82) is 0 Å². The highest BCUT2D eigenvalue weighted by atomic mass is 19.1. The van der Waals surface area contributed by atoms with E-state index in [0.717, 1.165) is 13.1 Å². The summed E-state index contributed by atoms with van der Waals surface area (Å²) < 4.78 is 19.3. The Hall–Kier alpha value is -2.60. The molecule has 0 aliphatic carbocycles. The second kappa shape index (κ2) is 11.3. The van der Waals surface area contributed by atoms with Crippen LogP contribution in [0.15, 0.2) is 53.5 Å². The van der Waals surface area contributed by atoms with Crippen LogP contribution in [-0.2, 0) is 13.1 Å². The minimum Gasteiger partial charge on any atom is -0.486 e. The molecule has 0 radical (unpaired) electrons. The molecule has 1 atom stereocenters. The fraction of sp³-hybridized carbons (Fsp3) is 0.409. The van der Waals surface area contributed by atoms with Gasteiger partial charge in [-0.2, -0.15) is 0 Å². The van der Waals surface area contributed by atoms with Crippen LogP contribution in [-0.4, -0.2) is 44.1 Å². The molecule has 0 aliphatic heterocycles. The first kappa shape index (κ1) is 21.7. The highest BCUT2D eigenvalue weighted by Crippen LogP contribution is 2.16. The SMILES string of the molecule is CCN(C)Cc1cccc(CNC(=NC)NCC(C)Oc2ccccc2F)c1. The summed E-state index contributed by atoms with van der Waals surface area (Å²) in [6, 6.07) is 14.9. The van der Waals surface area contributed by atoms with E-state index in [4.69, 9.17) is 4.74 Å². The minimum absolute atomic E-state index is 0.205. The molecule has 6 heteroatoms. The van der Waals surface area contributed by atoms with Crippen molar-refractivity contribution in [2.45, 2.75) is 33.0 Å². The molecule has 0 amide bonds. The number of hydrogen-bond donors (Lipinski definition) is 2. The second-order valence-corrected chi connectivity index (χ2v) is 6.82. The molecule has 0 fully saturated rings. The van der Waals surface area contributed by atoms with Gasteiger partial charge in [-0.15, -0.1) is 0 Å². The standard InChI is InChI=1S/C22H31FN4O/c1-5-27(4)16-19-10-8-9-18(13-19)15-26-22(24-3)25-14-17(2)28-21-12-7-6-11-20(21)23/h6-13,17H,5,14-16H2,1-4H3,(H2,24,25,26). The van der Waals surface area contributed by atoms with E-state index in [2.05, 4.69) is 58.8 Å². The summed E-state index contributed by atoms with van der Waals surface area (Å²) in [5.74, 6) is 0.583. The van der Waals surface area contributed by atoms with Crippen LogP contribution in [0.25, 0.3) is 0 Å². The fourth-order valence-corrected chi connectivity index (χ4v) is 2.71. The molecule has 2 aromatic rings. The zero-order chi connectivity index (χ0) is 20.4. The lowest BCUT2D eigenvalue weighted by molar-refractivity contribution is 0.214. The maximum Gasteiger partial charge on any atom is 0.191 e. The topological polar surface area (TPSA) is 48.9 Å². The van der Waals surface area contributed by atoms with Crippen LogP contribution in [0.2, 0.25) is 0 Å². The van der Waals surface area contributed by atoms with Crippen LogP contribution in [0.5, 0.6) is 5.75 Å². The van der Waals surface area contributed by atoms with Gasteiger partial charge >= 0.3 is 0 Å². The predicted octanol–water partition coefficient (Wildman–Crippen LogP) is 3.41. The van der Waals surface area contributed by atoms with Crippen LogP contribution >= 0.6 is 0 Å². The van der Waals surface area contributed by atoms with Crippen molar-refractivity contribution in [3.63, 3.8) is 0 Å². The quantitative estimate of drug-likeness (QED) is 0.512. The number of benzene rings is 2. The molecule has 152 valence electrons. The van der Waals surface area contributed by atoms with Crippen LogP contribution < -0.4 is 15.4 Å². The van der Waals surface area contributed by atoms with Crippen LogP contribution in [0.3, 0.4) is 0 Å². The molecule has 28 heavy (non-hydrogen) atoms. The molecule has 5 nitrogen and oxygen atoms in total. The fourth-order valence-electron chi connectivity index (χ4n) is 2.71. The van der Waals surface area contributed by atoms with Crippen molar-refractivity contribution >= 4 is 5.96 Å². The molecule has 0 bridgehead atoms. The summed E-state index contributed by atoms with van der Waals surface area (Å²) in [5, 5.41) is 6.52. The average molecular weight is 387 g/mol. The number of aliphatic imine (C=N–C) groups is 1. The third-order valence-corrected chi connectivity index (χ3v) is 4.39. The Bertz CT molecular complexity index is 766. The number of guanidine groups is 1. The summed E-state index contributed by atoms with van der Waals surface area (Å²) in [4.78, 5) is 6.51. The van der Waals surface area contributed by atoms with Crippen molar-refractivity contribution in [2.75, 3.05) is 27.2 Å². The molecule has 0 spiro atoms. The van der Waals surface area contributed by atoms with E-state index in [-0.39, 0.29) is 17.7 Å². The van der Waals surface area contributed by atoms with Crippen molar-refractivity contribution in [1.82, 2.24) is 15.5 Å². The smallest absolute Gasteiger partial charge is 0.191 e. The minimum atomic E-state index is -0.356. The van der Waals surface area contributed by atoms with E-state index in [9.17, 15) is 4.39 Å². The number of hydrogen-bond acceptors (Lipinski definition) is 3. The average Bonchev–Trinajstić information content (AvgIpc) is 2.70. The first-order valence-electron chi connectivity index (χ1n) is 9.63. The van der Waals surface area contributed by atoms with Crippen molar-refractivity contribution in [3.05, 3.63) is 65.5 Å². The first-order chi connectivity index (χ1) is 13.5. The third kappa shape index (κ3) is 7.19. The predicted molar refractivity (Wildman–Crippen MR) is 113 cm³/mol. The Morgan fingerprint density at radius 1 is 1.14 bits per heavy atom. The van der Waals surface area contributed by atoms with Gasteiger partial charge in [0.15, 0.2) is 17.5 Å². The molecule has 2 N–H and O–H groups in total. The Morgan fingerprint density at radius 2 is 1.89 bits per heavy atom. The lowest BCUT2D eigenvalue weighted by Crippen LogP contribution is -2.41. The number of ether oxygens (including phenoxy) is 1. The number of nitrogens with one attached hydrogen (secondary N) is 2. The van der Waals surface area contributed by atoms with Crippen molar-refractivity contribution in [3.8, 4) is 5.75 Å². The molecular formula is C22H31FN4O. The molecule has 0 aliphatic rings. The van der Waals surface area contributed by atoms with Gasteiger partial charge in [-0.3, -0.25) is 4.99 Å². The summed E-state index contributed by atoms with van der Waals surface area (Å²) >= 11 is 0. The van der Waals surface area contributed by atoms with Crippen LogP contribution in [0, 0.1) is 5.82 Å². The summed E-state index contributed by atoms with van der Waals surface area (Å²) in [6.07, 6.45) is -0.205. The third-order valence-electron chi connectivity index (χ3n) is 4.39. The van der Waals surface area contributed by atoms with Gasteiger partial charge in [0.05, 0.1) is 6.54 Å². The number of nitrogens with zero attached hydrogens (tertiary/aromatic N) is 2. The highest BCUT2D eigenvalue weighted by molar-refractivity contribution is 5.79. The lowest BCUT2D eigenvalue weighted by Gasteiger charge is -2.18. The highest BCUT2D eigenvalue weighted by Gasteiger charge is 2.09. The normalized spacial score (nSPS) is 12.7. The van der Waals surface area contributed by atoms with Gasteiger partial charge in [0, 0.05) is 20.1 Å². The zero-order valence-electron chi connectivity index (χ0n) is 17.2. The Labute approximate surface area is 167 Å². The summed E-state index contributed by atoms with van der Waals surface area (Å²) in [7, 11) is 3.84. The van der Waals surface area contributed by atoms with E-state index in [1.807, 2.05) is 6.92 Å². The molecule has 0 heterocycles. The van der Waals surface area contributed by atoms with Crippen molar-refractivity contribution in [2.24, 2.45) is 4.99 Å². The summed E-state index contributed by atoms with van der Waals surface area (Å²) in [5.41, 5.74) is 2.49. The van der Waals surface area contributed by atoms with Gasteiger partial charge in [0.1, 0.15) is 6.10 Å². The number of halogens is 1. The zero-order valence-corrected chi connectivity index (χ0v) is 17.2. The van der Waals surface area contributed by atoms with E-state index in [0.29, 0.717) is 19.0 Å². The molecule has 2 aromatic carbocycles. The maximum atomic E-state index is 13.7. The number of rotatable bonds is 9. The Kier molecular flexibility index (Phi) is 8.75. The van der Waals surface area contributed by atoms with E-state index >= 15 is 0 Å². The molecular weight excluding hydrogens is 355 g/mol. The Morgan fingerprint density at radius 3 is 2.61 bits per heavy atom. The molecule has 0 saturated heterocycles. The molecule has 0 aromatic heterocycles. The van der Waals surface area contributed by atoms with Gasteiger partial charge in [-0.1, -0.05) is 43.3 Å². The van der Waals surface area contributed by atoms with Gasteiger partial charge < -0.3 is 20.3 Å². The van der Waals surface area contributed by atoms with E-state index in [1.54, 1.807) is 25.2 Å². The van der Waals surface area contributed by atoms with Gasteiger partial charge in [0.2, 0.25) is 0 Å². The van der Waals surface area contributed by atoms with Gasteiger partial charge in [-0.25, -0.2) is 4.39 Å². The molecule has 0 saturated carbocycles. The van der Waals surface area contributed by atoms with E-state index in [1.165, 1.54) is 17.2 Å². The van der Waals surface area contributed by atoms with E-state index < -0.39 is 0 Å². The largest absolute Gasteiger partial charge is 0.486 e. The van der Waals surface area contributed by atoms with Crippen LogP contribution in [0.1, 0.15) is 25.0 Å².